The van der Waals surface area contributed by atoms with Crippen LogP contribution in [0.25, 0.3) is 0 Å². The predicted octanol–water partition coefficient (Wildman–Crippen LogP) is 5.50. The van der Waals surface area contributed by atoms with Gasteiger partial charge in [0.1, 0.15) is 6.54 Å². The molecular weight excluding hydrogens is 783 g/mol. The zero-order valence-corrected chi connectivity index (χ0v) is 34.6. The van der Waals surface area contributed by atoms with Crippen LogP contribution in [-0.2, 0) is 50.7 Å². The van der Waals surface area contributed by atoms with Gasteiger partial charge in [-0.15, -0.1) is 0 Å². The van der Waals surface area contributed by atoms with Gasteiger partial charge in [-0.1, -0.05) is 43.7 Å². The monoisotopic (exact) mass is 832 g/mol. The maximum absolute atomic E-state index is 12.1. The molecule has 4 N–H and O–H groups in total. The molecule has 3 aliphatic rings. The summed E-state index contributed by atoms with van der Waals surface area (Å²) in [6.45, 7) is 10.8. The van der Waals surface area contributed by atoms with E-state index in [1.165, 1.54) is 12.1 Å². The smallest absolute Gasteiger partial charge is 0.294 e. The van der Waals surface area contributed by atoms with Gasteiger partial charge in [0.05, 0.1) is 21.8 Å². The fourth-order valence-corrected chi connectivity index (χ4v) is 9.38. The van der Waals surface area contributed by atoms with Crippen molar-refractivity contribution in [2.45, 2.75) is 82.4 Å². The third-order valence-electron chi connectivity index (χ3n) is 10.6. The van der Waals surface area contributed by atoms with Crippen LogP contribution in [0.3, 0.4) is 0 Å². The number of benzene rings is 2. The third-order valence-corrected chi connectivity index (χ3v) is 13.1. The van der Waals surface area contributed by atoms with Gasteiger partial charge in [-0.3, -0.25) is 18.5 Å². The molecule has 1 aliphatic carbocycles. The van der Waals surface area contributed by atoms with Crippen molar-refractivity contribution in [3.63, 3.8) is 0 Å². The molecule has 17 heteroatoms. The van der Waals surface area contributed by atoms with E-state index in [1.54, 1.807) is 6.07 Å². The van der Waals surface area contributed by atoms with Crippen molar-refractivity contribution in [2.75, 3.05) is 36.2 Å². The average molecular weight is 833 g/mol. The van der Waals surface area contributed by atoms with Crippen molar-refractivity contribution >= 4 is 53.9 Å². The molecule has 0 aromatic heterocycles. The Balaban J connectivity index is 1.59. The Morgan fingerprint density at radius 2 is 1.55 bits per heavy atom. The number of rotatable bonds is 16. The Hall–Kier alpha value is -4.13. The van der Waals surface area contributed by atoms with Crippen molar-refractivity contribution in [3.05, 3.63) is 99.9 Å². The predicted molar refractivity (Wildman–Crippen MR) is 214 cm³/mol. The number of carbonyl (C=O) groups excluding carboxylic acids is 1. The van der Waals surface area contributed by atoms with Crippen molar-refractivity contribution in [3.8, 4) is 0 Å². The van der Waals surface area contributed by atoms with Crippen LogP contribution in [-0.4, -0.2) is 87.0 Å². The topological polar surface area (TPSA) is 208 Å². The molecule has 0 fully saturated rings. The van der Waals surface area contributed by atoms with Crippen LogP contribution in [0.2, 0.25) is 0 Å². The van der Waals surface area contributed by atoms with Crippen LogP contribution in [0, 0.1) is 6.92 Å². The summed E-state index contributed by atoms with van der Waals surface area (Å²) in [7, 11) is -12.9. The lowest BCUT2D eigenvalue weighted by Gasteiger charge is -2.27. The number of nitrogens with zero attached hydrogens (tertiary/aromatic N) is 2. The lowest BCUT2D eigenvalue weighted by molar-refractivity contribution is -0.437. The zero-order valence-electron chi connectivity index (χ0n) is 32.1. The van der Waals surface area contributed by atoms with Crippen molar-refractivity contribution in [2.24, 2.45) is 0 Å². The maximum atomic E-state index is 12.1. The number of ether oxygens (including phenoxy) is 1. The SMILES string of the molecule is Cc1ccc2c(c1)C(C)(C)/C(=C/C=C1\CCCC(/C=C/C3=[N+](CCCS(=O)(=O)O)c4ccc(S(=O)(=O)O)cc4C3(C)C)=C1NCOC=O)N2CCCS(=O)(=O)O. The number of carbonyl (C=O) groups is 1. The van der Waals surface area contributed by atoms with Gasteiger partial charge in [0.2, 0.25) is 5.69 Å². The molecule has 2 heterocycles. The second-order valence-corrected chi connectivity index (χ2v) is 19.9. The zero-order chi connectivity index (χ0) is 41.3. The molecule has 0 saturated carbocycles. The highest BCUT2D eigenvalue weighted by atomic mass is 32.2. The van der Waals surface area contributed by atoms with E-state index < -0.39 is 46.9 Å². The van der Waals surface area contributed by atoms with Gasteiger partial charge in [0.25, 0.3) is 36.8 Å². The van der Waals surface area contributed by atoms with E-state index >= 15 is 0 Å². The first-order valence-corrected chi connectivity index (χ1v) is 22.9. The number of aryl methyl sites for hydroxylation is 1. The van der Waals surface area contributed by atoms with E-state index in [0.29, 0.717) is 37.1 Å². The lowest BCUT2D eigenvalue weighted by atomic mass is 9.81. The standard InChI is InChI=1S/C39H49N3O11S3/c1-27-11-15-33-31(23-27)38(2,3)35(41(33)19-7-21-54(44,45)46)17-12-28-9-6-10-29(37(28)40-25-53-26-43)13-18-36-39(4,5)32-24-30(56(50,51)52)14-16-34(32)42(36)20-8-22-55(47,48)49/h11-18,23-24,26H,6-10,19-22,25H2,1-5H3,(H3,44,45,46,47,48,49,50,51,52)/p+1/b28-12+,35-17-. The number of hydrogen-bond donors (Lipinski definition) is 4. The summed E-state index contributed by atoms with van der Waals surface area (Å²) in [5.41, 5.74) is 7.38. The molecule has 0 atom stereocenters. The Morgan fingerprint density at radius 1 is 0.857 bits per heavy atom. The summed E-state index contributed by atoms with van der Waals surface area (Å²) in [6, 6.07) is 10.4. The summed E-state index contributed by atoms with van der Waals surface area (Å²) in [5, 5.41) is 3.26. The Morgan fingerprint density at radius 3 is 2.21 bits per heavy atom. The van der Waals surface area contributed by atoms with Crippen molar-refractivity contribution in [1.82, 2.24) is 5.32 Å². The largest absolute Gasteiger partial charge is 0.447 e. The van der Waals surface area contributed by atoms with E-state index in [1.807, 2.05) is 61.8 Å². The summed E-state index contributed by atoms with van der Waals surface area (Å²) in [4.78, 5) is 13.0. The quantitative estimate of drug-likeness (QED) is 0.0543. The highest BCUT2D eigenvalue weighted by molar-refractivity contribution is 7.86. The molecule has 56 heavy (non-hydrogen) atoms. The normalized spacial score (nSPS) is 19.6. The van der Waals surface area contributed by atoms with Crippen LogP contribution in [0.15, 0.2) is 88.1 Å². The third kappa shape index (κ3) is 9.69. The minimum Gasteiger partial charge on any atom is -0.447 e. The summed E-state index contributed by atoms with van der Waals surface area (Å²) in [6.07, 6.45) is 10.3. The molecule has 2 aliphatic heterocycles. The Bertz CT molecular complexity index is 2390. The van der Waals surface area contributed by atoms with Crippen molar-refractivity contribution < 1.29 is 53.0 Å². The molecule has 0 unspecified atom stereocenters. The van der Waals surface area contributed by atoms with Gasteiger partial charge in [-0.05, 0) is 87.4 Å². The highest BCUT2D eigenvalue weighted by Crippen LogP contribution is 2.48. The first kappa shape index (κ1) is 43.0. The highest BCUT2D eigenvalue weighted by Gasteiger charge is 2.45. The first-order valence-electron chi connectivity index (χ1n) is 18.2. The number of nitrogens with one attached hydrogen (secondary N) is 1. The Labute approximate surface area is 329 Å². The minimum absolute atomic E-state index is 0.0818. The summed E-state index contributed by atoms with van der Waals surface area (Å²) >= 11 is 0. The summed E-state index contributed by atoms with van der Waals surface area (Å²) in [5.74, 6) is -0.846. The van der Waals surface area contributed by atoms with Crippen LogP contribution in [0.5, 0.6) is 0 Å². The maximum Gasteiger partial charge on any atom is 0.294 e. The molecular formula is C39H50N3O11S3+. The molecule has 2 aromatic carbocycles. The van der Waals surface area contributed by atoms with Gasteiger partial charge in [-0.2, -0.15) is 29.8 Å². The van der Waals surface area contributed by atoms with Crippen LogP contribution in [0.1, 0.15) is 76.5 Å². The van der Waals surface area contributed by atoms with Crippen LogP contribution in [0.4, 0.5) is 11.4 Å². The second kappa shape index (κ2) is 16.4. The van der Waals surface area contributed by atoms with Crippen LogP contribution < -0.4 is 10.2 Å². The number of allylic oxidation sites excluding steroid dienone is 7. The molecule has 0 radical (unpaired) electrons. The molecule has 2 aromatic rings. The fraction of sp³-hybridized carbons (Fsp3) is 0.436. The van der Waals surface area contributed by atoms with Crippen molar-refractivity contribution in [1.29, 1.82) is 0 Å². The molecule has 0 spiro atoms. The molecule has 5 rings (SSSR count). The molecule has 0 saturated heterocycles. The van der Waals surface area contributed by atoms with Gasteiger partial charge in [0, 0.05) is 53.2 Å². The van der Waals surface area contributed by atoms with Gasteiger partial charge >= 0.3 is 0 Å². The van der Waals surface area contributed by atoms with Crippen LogP contribution >= 0.6 is 0 Å². The van der Waals surface area contributed by atoms with E-state index in [4.69, 9.17) is 4.74 Å². The average Bonchev–Trinajstić information content (AvgIpc) is 3.43. The van der Waals surface area contributed by atoms with Gasteiger partial charge < -0.3 is 15.0 Å². The van der Waals surface area contributed by atoms with E-state index in [0.717, 1.165) is 51.5 Å². The second-order valence-electron chi connectivity index (χ2n) is 15.3. The van der Waals surface area contributed by atoms with E-state index in [9.17, 15) is 43.7 Å². The summed E-state index contributed by atoms with van der Waals surface area (Å²) < 4.78 is 106. The van der Waals surface area contributed by atoms with E-state index in [2.05, 4.69) is 30.1 Å². The van der Waals surface area contributed by atoms with E-state index in [-0.39, 0.29) is 36.8 Å². The molecule has 0 amide bonds. The molecule has 304 valence electrons. The fourth-order valence-electron chi connectivity index (χ4n) is 7.89. The minimum atomic E-state index is -4.51. The number of fused-ring (bicyclic) bond motifs is 2. The first-order chi connectivity index (χ1) is 26.0. The Kier molecular flexibility index (Phi) is 12.6. The van der Waals surface area contributed by atoms with Gasteiger partial charge in [0.15, 0.2) is 12.4 Å². The van der Waals surface area contributed by atoms with Gasteiger partial charge in [-0.25, -0.2) is 0 Å². The number of hydrogen-bond acceptors (Lipinski definition) is 10. The lowest BCUT2D eigenvalue weighted by Crippen LogP contribution is -2.28. The molecule has 14 nitrogen and oxygen atoms in total. The molecule has 0 bridgehead atoms. The number of anilines is 1.